The smallest absolute Gasteiger partial charge is 0.255 e. The van der Waals surface area contributed by atoms with Crippen molar-refractivity contribution in [2.45, 2.75) is 13.3 Å². The maximum absolute atomic E-state index is 6.98. The molecule has 1 N–H and O–H groups in total. The lowest BCUT2D eigenvalue weighted by molar-refractivity contribution is 0.428. The van der Waals surface area contributed by atoms with E-state index in [0.717, 1.165) is 53.3 Å². The van der Waals surface area contributed by atoms with Gasteiger partial charge in [0.25, 0.3) is 6.71 Å². The number of benzene rings is 5. The van der Waals surface area contributed by atoms with Crippen LogP contribution in [-0.4, -0.2) is 19.0 Å². The van der Waals surface area contributed by atoms with Crippen molar-refractivity contribution in [3.05, 3.63) is 151 Å². The van der Waals surface area contributed by atoms with E-state index < -0.39 is 0 Å². The van der Waals surface area contributed by atoms with Gasteiger partial charge in [-0.2, -0.15) is 0 Å². The van der Waals surface area contributed by atoms with Crippen LogP contribution in [0.2, 0.25) is 0 Å². The third-order valence-electron chi connectivity index (χ3n) is 10.3. The van der Waals surface area contributed by atoms with Gasteiger partial charge >= 0.3 is 0 Å². The molecule has 4 heterocycles. The van der Waals surface area contributed by atoms with Crippen LogP contribution in [0.5, 0.6) is 5.75 Å². The number of para-hydroxylation sites is 3. The Balaban J connectivity index is 1.27. The van der Waals surface area contributed by atoms with E-state index in [2.05, 4.69) is 150 Å². The molecule has 0 radical (unpaired) electrons. The number of anilines is 5. The molecule has 4 aliphatic rings. The Bertz CT molecular complexity index is 2330. The van der Waals surface area contributed by atoms with Gasteiger partial charge in [0.1, 0.15) is 11.5 Å². The number of nitrogens with zero attached hydrogens (tertiary/aromatic N) is 2. The molecule has 0 fully saturated rings. The Morgan fingerprint density at radius 3 is 2.48 bits per heavy atom. The van der Waals surface area contributed by atoms with Crippen molar-refractivity contribution >= 4 is 64.3 Å². The second-order valence-electron chi connectivity index (χ2n) is 13.3. The first-order valence-electron chi connectivity index (χ1n) is 16.8. The molecule has 1 aromatic heterocycles. The molecule has 5 aromatic carbocycles. The zero-order valence-corrected chi connectivity index (χ0v) is 26.7. The zero-order chi connectivity index (χ0) is 31.8. The maximum Gasteiger partial charge on any atom is 0.255 e. The number of aromatic nitrogens is 1. The number of ether oxygens (including phenoxy) is 1. The Labute approximate surface area is 281 Å². The first kappa shape index (κ1) is 27.4. The summed E-state index contributed by atoms with van der Waals surface area (Å²) >= 11 is 0. The number of nitrogens with one attached hydrogen (secondary N) is 1. The molecule has 226 valence electrons. The van der Waals surface area contributed by atoms with E-state index in [9.17, 15) is 0 Å². The Morgan fingerprint density at radius 1 is 0.812 bits per heavy atom. The predicted molar refractivity (Wildman–Crippen MR) is 202 cm³/mol. The third-order valence-corrected chi connectivity index (χ3v) is 10.3. The molecule has 1 unspecified atom stereocenters. The normalized spacial score (nSPS) is 16.2. The minimum absolute atomic E-state index is 0.129. The Kier molecular flexibility index (Phi) is 6.07. The van der Waals surface area contributed by atoms with Crippen LogP contribution in [0.4, 0.5) is 28.4 Å². The summed E-state index contributed by atoms with van der Waals surface area (Å²) in [6, 6.07) is 41.6. The summed E-state index contributed by atoms with van der Waals surface area (Å²) in [6.07, 6.45) is 9.49. The summed E-state index contributed by atoms with van der Waals surface area (Å²) in [5, 5.41) is 3.80. The molecule has 48 heavy (non-hydrogen) atoms. The fourth-order valence-corrected chi connectivity index (χ4v) is 8.19. The summed E-state index contributed by atoms with van der Waals surface area (Å²) in [6.45, 7) is 2.40. The molecule has 0 amide bonds. The SMILES string of the molecule is CC1C=C2Oc3cc(-c4ccc(-c5ccncc5)cc4Nc4ccccc4)c4c5c3B(C2=CC1)c1ccccc1N5c1ccccc1B4. The van der Waals surface area contributed by atoms with Gasteiger partial charge in [0.15, 0.2) is 7.28 Å². The molecule has 0 saturated carbocycles. The van der Waals surface area contributed by atoms with Gasteiger partial charge in [0.05, 0.1) is 0 Å². The highest BCUT2D eigenvalue weighted by molar-refractivity contribution is 6.96. The van der Waals surface area contributed by atoms with Crippen LogP contribution in [0.15, 0.2) is 151 Å². The highest BCUT2D eigenvalue weighted by atomic mass is 16.5. The molecular formula is C42H31B2N3O. The standard InChI is InChI=1S/C42H31B2N3O/c1-26-15-18-34-38(23-26)48-39-25-31(30-17-16-28(27-19-21-45-22-20-27)24-35(30)46-29-9-3-2-4-10-29)40-42-41(39)44(34)33-12-6-8-14-37(33)47(42)36-13-7-5-11-32(36)43-40/h2-14,16-26,43,46H,15H2,1H3. The van der Waals surface area contributed by atoms with Crippen molar-refractivity contribution < 1.29 is 4.74 Å². The van der Waals surface area contributed by atoms with Crippen LogP contribution in [0.3, 0.4) is 0 Å². The molecule has 4 nitrogen and oxygen atoms in total. The fourth-order valence-electron chi connectivity index (χ4n) is 8.19. The molecule has 0 spiro atoms. The van der Waals surface area contributed by atoms with Gasteiger partial charge in [0, 0.05) is 46.4 Å². The first-order chi connectivity index (χ1) is 23.7. The number of fused-ring (bicyclic) bond motifs is 7. The summed E-state index contributed by atoms with van der Waals surface area (Å²) in [5.41, 5.74) is 17.1. The number of pyridine rings is 1. The van der Waals surface area contributed by atoms with Gasteiger partial charge in [-0.15, -0.1) is 0 Å². The van der Waals surface area contributed by atoms with E-state index in [4.69, 9.17) is 4.74 Å². The fraction of sp³-hybridized carbons (Fsp3) is 0.0714. The maximum atomic E-state index is 6.98. The minimum atomic E-state index is 0.129. The number of allylic oxidation sites excluding steroid dienone is 3. The van der Waals surface area contributed by atoms with Crippen LogP contribution in [0, 0.1) is 5.92 Å². The number of rotatable bonds is 4. The molecule has 0 saturated heterocycles. The molecule has 1 aliphatic carbocycles. The summed E-state index contributed by atoms with van der Waals surface area (Å²) in [4.78, 5) is 6.78. The summed E-state index contributed by atoms with van der Waals surface area (Å²) < 4.78 is 6.98. The lowest BCUT2D eigenvalue weighted by Crippen LogP contribution is -2.59. The monoisotopic (exact) mass is 615 g/mol. The highest BCUT2D eigenvalue weighted by Crippen LogP contribution is 2.46. The average molecular weight is 615 g/mol. The van der Waals surface area contributed by atoms with Crippen molar-refractivity contribution in [3.8, 4) is 28.0 Å². The molecular weight excluding hydrogens is 584 g/mol. The van der Waals surface area contributed by atoms with Gasteiger partial charge in [-0.05, 0) is 105 Å². The topological polar surface area (TPSA) is 37.4 Å². The van der Waals surface area contributed by atoms with Crippen molar-refractivity contribution in [1.82, 2.24) is 4.98 Å². The van der Waals surface area contributed by atoms with E-state index in [0.29, 0.717) is 5.92 Å². The highest BCUT2D eigenvalue weighted by Gasteiger charge is 2.46. The van der Waals surface area contributed by atoms with E-state index in [1.54, 1.807) is 0 Å². The summed E-state index contributed by atoms with van der Waals surface area (Å²) in [7, 11) is 0.842. The zero-order valence-electron chi connectivity index (χ0n) is 26.7. The molecule has 6 aromatic rings. The van der Waals surface area contributed by atoms with Crippen molar-refractivity contribution in [3.63, 3.8) is 0 Å². The van der Waals surface area contributed by atoms with Crippen molar-refractivity contribution in [2.75, 3.05) is 10.2 Å². The molecule has 10 rings (SSSR count). The molecule has 3 aliphatic heterocycles. The Hall–Kier alpha value is -5.74. The van der Waals surface area contributed by atoms with Crippen LogP contribution < -0.4 is 36.8 Å². The predicted octanol–water partition coefficient (Wildman–Crippen LogP) is 7.03. The van der Waals surface area contributed by atoms with Gasteiger partial charge in [-0.25, -0.2) is 0 Å². The van der Waals surface area contributed by atoms with Gasteiger partial charge in [-0.3, -0.25) is 4.98 Å². The van der Waals surface area contributed by atoms with Gasteiger partial charge < -0.3 is 15.0 Å². The van der Waals surface area contributed by atoms with Gasteiger partial charge in [-0.1, -0.05) is 85.2 Å². The van der Waals surface area contributed by atoms with E-state index in [1.807, 2.05) is 12.4 Å². The lowest BCUT2D eigenvalue weighted by Gasteiger charge is -2.45. The molecule has 6 heteroatoms. The number of hydrogen-bond acceptors (Lipinski definition) is 4. The second-order valence-corrected chi connectivity index (χ2v) is 13.3. The second kappa shape index (κ2) is 10.6. The Morgan fingerprint density at radius 2 is 1.60 bits per heavy atom. The largest absolute Gasteiger partial charge is 0.459 e. The first-order valence-corrected chi connectivity index (χ1v) is 16.8. The molecule has 0 bridgehead atoms. The molecule has 1 atom stereocenters. The van der Waals surface area contributed by atoms with E-state index in [-0.39, 0.29) is 6.71 Å². The van der Waals surface area contributed by atoms with Crippen molar-refractivity contribution in [2.24, 2.45) is 5.92 Å². The quantitative estimate of drug-likeness (QED) is 0.216. The number of hydrogen-bond donors (Lipinski definition) is 1. The van der Waals surface area contributed by atoms with Crippen LogP contribution in [0.1, 0.15) is 13.3 Å². The van der Waals surface area contributed by atoms with Crippen molar-refractivity contribution in [1.29, 1.82) is 0 Å². The van der Waals surface area contributed by atoms with Crippen LogP contribution >= 0.6 is 0 Å². The third kappa shape index (κ3) is 4.15. The minimum Gasteiger partial charge on any atom is -0.459 e. The summed E-state index contributed by atoms with van der Waals surface area (Å²) in [5.74, 6) is 2.40. The van der Waals surface area contributed by atoms with E-state index in [1.165, 1.54) is 49.9 Å². The van der Waals surface area contributed by atoms with Gasteiger partial charge in [0.2, 0.25) is 0 Å². The van der Waals surface area contributed by atoms with Crippen LogP contribution in [0.25, 0.3) is 22.3 Å². The van der Waals surface area contributed by atoms with Crippen LogP contribution in [-0.2, 0) is 0 Å². The average Bonchev–Trinajstić information content (AvgIpc) is 3.14. The lowest BCUT2D eigenvalue weighted by atomic mass is 9.32. The van der Waals surface area contributed by atoms with E-state index >= 15 is 0 Å².